The van der Waals surface area contributed by atoms with Crippen LogP contribution in [0.5, 0.6) is 11.5 Å². The normalized spacial score (nSPS) is 18.5. The average Bonchev–Trinajstić information content (AvgIpc) is 3.29. The second-order valence-corrected chi connectivity index (χ2v) is 11.6. The number of nitrogens with zero attached hydrogens (tertiary/aromatic N) is 3. The quantitative estimate of drug-likeness (QED) is 0.435. The predicted octanol–water partition coefficient (Wildman–Crippen LogP) is 5.12. The number of anilines is 1. The van der Waals surface area contributed by atoms with E-state index in [0.717, 1.165) is 17.5 Å². The fourth-order valence-electron chi connectivity index (χ4n) is 5.47. The number of aliphatic carboxylic acids is 1. The summed E-state index contributed by atoms with van der Waals surface area (Å²) in [5, 5.41) is 16.5. The van der Waals surface area contributed by atoms with Gasteiger partial charge in [0.15, 0.2) is 23.5 Å². The number of hydrogen-bond acceptors (Lipinski definition) is 8. The summed E-state index contributed by atoms with van der Waals surface area (Å²) in [4.78, 5) is 30.7. The fraction of sp³-hybridized carbons (Fsp3) is 0.406. The third kappa shape index (κ3) is 5.94. The minimum absolute atomic E-state index is 0.236. The summed E-state index contributed by atoms with van der Waals surface area (Å²) >= 11 is 0. The number of hydrogen-bond donors (Lipinski definition) is 2. The van der Waals surface area contributed by atoms with E-state index in [0.29, 0.717) is 53.7 Å². The minimum Gasteiger partial charge on any atom is -0.493 e. The molecule has 3 aliphatic heterocycles. The van der Waals surface area contributed by atoms with Gasteiger partial charge in [0.1, 0.15) is 11.9 Å². The zero-order valence-corrected chi connectivity index (χ0v) is 25.2. The number of halogens is 1. The fourth-order valence-corrected chi connectivity index (χ4v) is 5.47. The Labute approximate surface area is 250 Å². The van der Waals surface area contributed by atoms with Gasteiger partial charge in [0.2, 0.25) is 0 Å². The predicted molar refractivity (Wildman–Crippen MR) is 160 cm³/mol. The lowest BCUT2D eigenvalue weighted by Crippen LogP contribution is -2.50. The molecule has 10 nitrogen and oxygen atoms in total. The molecule has 1 unspecified atom stereocenters. The molecule has 11 heteroatoms. The lowest BCUT2D eigenvalue weighted by Gasteiger charge is -2.38. The van der Waals surface area contributed by atoms with Crippen molar-refractivity contribution in [2.45, 2.75) is 72.3 Å². The van der Waals surface area contributed by atoms with Crippen LogP contribution in [0.15, 0.2) is 59.0 Å². The summed E-state index contributed by atoms with van der Waals surface area (Å²) in [5.74, 6) is -0.974. The van der Waals surface area contributed by atoms with Crippen molar-refractivity contribution in [1.29, 1.82) is 0 Å². The highest BCUT2D eigenvalue weighted by atomic mass is 19.1. The van der Waals surface area contributed by atoms with Crippen molar-refractivity contribution in [3.8, 4) is 11.5 Å². The van der Waals surface area contributed by atoms with E-state index < -0.39 is 35.6 Å². The molecule has 0 fully saturated rings. The smallest absolute Gasteiger partial charge is 0.337 e. The van der Waals surface area contributed by atoms with Crippen molar-refractivity contribution in [2.24, 2.45) is 4.99 Å². The number of carbonyl (C=O) groups is 2. The maximum absolute atomic E-state index is 15.5. The van der Waals surface area contributed by atoms with E-state index in [2.05, 4.69) is 5.32 Å². The Morgan fingerprint density at radius 2 is 2.00 bits per heavy atom. The number of hydrazine groups is 1. The van der Waals surface area contributed by atoms with Crippen molar-refractivity contribution in [3.63, 3.8) is 0 Å². The Morgan fingerprint density at radius 1 is 1.26 bits per heavy atom. The van der Waals surface area contributed by atoms with Crippen LogP contribution in [0, 0.1) is 12.7 Å². The van der Waals surface area contributed by atoms with E-state index in [1.54, 1.807) is 74.3 Å². The van der Waals surface area contributed by atoms with Crippen molar-refractivity contribution >= 4 is 23.3 Å². The highest BCUT2D eigenvalue weighted by Crippen LogP contribution is 2.41. The number of ether oxygens (including phenoxy) is 3. The van der Waals surface area contributed by atoms with Gasteiger partial charge in [-0.05, 0) is 72.1 Å². The molecule has 0 radical (unpaired) electrons. The standard InChI is InChI=1S/C32H37FN4O6/c1-7-41-25-13-9-8-11-21(25)30(38)35-27-16-26-34-19(3)22(29(31(39)40)43-32(4,5)6)17-36(26)37(27)24-15-23(33)28-20(18(24)2)12-10-14-42-28/h8-9,11,13,15-17,27,29H,7,10,12,14H2,1-6H3,(H,35,38)(H,39,40)/t27?,29-/m0/s1. The highest BCUT2D eigenvalue weighted by molar-refractivity contribution is 6.05. The van der Waals surface area contributed by atoms with Gasteiger partial charge in [0.25, 0.3) is 5.91 Å². The van der Waals surface area contributed by atoms with Gasteiger partial charge in [0, 0.05) is 35.2 Å². The number of fused-ring (bicyclic) bond motifs is 2. The van der Waals surface area contributed by atoms with Gasteiger partial charge >= 0.3 is 5.97 Å². The SMILES string of the molecule is CCOc1ccccc1C(=O)NC1C=C2N=C(C)C([C@H](OC(C)(C)C)C(=O)O)=CN2N1c1cc(F)c2c(c1C)CCCO2. The molecule has 0 aliphatic carbocycles. The number of aliphatic imine (C=N–C) groups is 1. The number of rotatable bonds is 8. The first-order valence-corrected chi connectivity index (χ1v) is 14.3. The summed E-state index contributed by atoms with van der Waals surface area (Å²) in [5.41, 5.74) is 2.38. The molecular formula is C32H37FN4O6. The van der Waals surface area contributed by atoms with E-state index in [1.807, 2.05) is 13.8 Å². The molecule has 3 heterocycles. The molecule has 2 aromatic rings. The van der Waals surface area contributed by atoms with Crippen molar-refractivity contribution in [3.05, 3.63) is 76.5 Å². The first-order chi connectivity index (χ1) is 20.4. The molecule has 0 spiro atoms. The van der Waals surface area contributed by atoms with Crippen molar-refractivity contribution in [2.75, 3.05) is 18.2 Å². The second kappa shape index (κ2) is 11.7. The molecule has 3 aliphatic rings. The molecular weight excluding hydrogens is 555 g/mol. The molecule has 0 saturated carbocycles. The van der Waals surface area contributed by atoms with Crippen molar-refractivity contribution < 1.29 is 33.3 Å². The first-order valence-electron chi connectivity index (χ1n) is 14.3. The van der Waals surface area contributed by atoms with Gasteiger partial charge < -0.3 is 24.6 Å². The number of amides is 1. The number of carboxylic acid groups (broad SMARTS) is 1. The molecule has 43 heavy (non-hydrogen) atoms. The van der Waals surface area contributed by atoms with Crippen LogP contribution in [-0.4, -0.2) is 58.8 Å². The Hall–Kier alpha value is -4.38. The number of nitrogens with one attached hydrogen (secondary N) is 1. The summed E-state index contributed by atoms with van der Waals surface area (Å²) in [7, 11) is 0. The molecule has 2 aromatic carbocycles. The lowest BCUT2D eigenvalue weighted by molar-refractivity contribution is -0.155. The maximum Gasteiger partial charge on any atom is 0.337 e. The number of para-hydroxylation sites is 1. The third-order valence-electron chi connectivity index (χ3n) is 7.34. The van der Waals surface area contributed by atoms with Gasteiger partial charge in [-0.15, -0.1) is 0 Å². The van der Waals surface area contributed by atoms with Crippen LogP contribution >= 0.6 is 0 Å². The Balaban J connectivity index is 1.61. The van der Waals surface area contributed by atoms with Crippen LogP contribution in [-0.2, 0) is 16.0 Å². The third-order valence-corrected chi connectivity index (χ3v) is 7.34. The molecule has 1 amide bonds. The summed E-state index contributed by atoms with van der Waals surface area (Å²) in [6.07, 6.45) is 2.64. The molecule has 0 aromatic heterocycles. The molecule has 228 valence electrons. The Morgan fingerprint density at radius 3 is 2.70 bits per heavy atom. The molecule has 0 saturated heterocycles. The van der Waals surface area contributed by atoms with Gasteiger partial charge in [-0.25, -0.2) is 19.2 Å². The molecule has 0 bridgehead atoms. The number of carboxylic acids is 1. The maximum atomic E-state index is 15.5. The zero-order chi connectivity index (χ0) is 31.1. The van der Waals surface area contributed by atoms with Gasteiger partial charge in [0.05, 0.1) is 30.1 Å². The van der Waals surface area contributed by atoms with Gasteiger partial charge in [-0.3, -0.25) is 9.80 Å². The van der Waals surface area contributed by atoms with Crippen LogP contribution in [0.3, 0.4) is 0 Å². The van der Waals surface area contributed by atoms with E-state index in [-0.39, 0.29) is 5.75 Å². The van der Waals surface area contributed by atoms with Crippen LogP contribution in [0.2, 0.25) is 0 Å². The van der Waals surface area contributed by atoms with E-state index in [9.17, 15) is 14.7 Å². The lowest BCUT2D eigenvalue weighted by atomic mass is 9.98. The Bertz CT molecular complexity index is 1540. The summed E-state index contributed by atoms with van der Waals surface area (Å²) < 4.78 is 32.8. The van der Waals surface area contributed by atoms with Gasteiger partial charge in [-0.1, -0.05) is 12.1 Å². The molecule has 2 N–H and O–H groups in total. The summed E-state index contributed by atoms with van der Waals surface area (Å²) in [6.45, 7) is 11.6. The number of benzene rings is 2. The largest absolute Gasteiger partial charge is 0.493 e. The molecule has 2 atom stereocenters. The van der Waals surface area contributed by atoms with E-state index >= 15 is 4.39 Å². The van der Waals surface area contributed by atoms with Crippen LogP contribution in [0.25, 0.3) is 0 Å². The average molecular weight is 593 g/mol. The topological polar surface area (TPSA) is 113 Å². The van der Waals surface area contributed by atoms with Crippen LogP contribution < -0.4 is 19.8 Å². The van der Waals surface area contributed by atoms with E-state index in [4.69, 9.17) is 19.2 Å². The monoisotopic (exact) mass is 592 g/mol. The molecule has 5 rings (SSSR count). The van der Waals surface area contributed by atoms with Crippen LogP contribution in [0.4, 0.5) is 10.1 Å². The highest BCUT2D eigenvalue weighted by Gasteiger charge is 2.40. The van der Waals surface area contributed by atoms with E-state index in [1.165, 1.54) is 6.07 Å². The van der Waals surface area contributed by atoms with Crippen molar-refractivity contribution in [1.82, 2.24) is 10.3 Å². The second-order valence-electron chi connectivity index (χ2n) is 11.6. The Kier molecular flexibility index (Phi) is 8.20. The number of carbonyl (C=O) groups excluding carboxylic acids is 1. The van der Waals surface area contributed by atoms with Crippen LogP contribution in [0.1, 0.15) is 62.5 Å². The zero-order valence-electron chi connectivity index (χ0n) is 25.2. The minimum atomic E-state index is -1.31. The summed E-state index contributed by atoms with van der Waals surface area (Å²) in [6, 6.07) is 8.30. The van der Waals surface area contributed by atoms with Gasteiger partial charge in [-0.2, -0.15) is 0 Å². The first kappa shape index (κ1) is 30.1.